The zero-order chi connectivity index (χ0) is 18.7. The predicted molar refractivity (Wildman–Crippen MR) is 117 cm³/mol. The van der Waals surface area contributed by atoms with E-state index in [-0.39, 0.29) is 41.5 Å². The molecule has 0 spiro atoms. The third kappa shape index (κ3) is 5.10. The number of benzene rings is 1. The summed E-state index contributed by atoms with van der Waals surface area (Å²) in [6, 6.07) is 4.70. The number of rotatable bonds is 6. The Balaban J connectivity index is 0.00000261. The summed E-state index contributed by atoms with van der Waals surface area (Å²) in [6.07, 6.45) is 1.87. The van der Waals surface area contributed by atoms with Gasteiger partial charge in [-0.3, -0.25) is 9.89 Å². The second-order valence-electron chi connectivity index (χ2n) is 7.14. The van der Waals surface area contributed by atoms with E-state index >= 15 is 0 Å². The first-order chi connectivity index (χ1) is 12.6. The van der Waals surface area contributed by atoms with Gasteiger partial charge >= 0.3 is 0 Å². The van der Waals surface area contributed by atoms with E-state index in [9.17, 15) is 8.78 Å². The highest BCUT2D eigenvalue weighted by Crippen LogP contribution is 2.43. The van der Waals surface area contributed by atoms with Gasteiger partial charge in [0, 0.05) is 43.2 Å². The number of nitrogens with zero attached hydrogens (tertiary/aromatic N) is 3. The highest BCUT2D eigenvalue weighted by atomic mass is 127. The summed E-state index contributed by atoms with van der Waals surface area (Å²) in [6.45, 7) is 11.1. The van der Waals surface area contributed by atoms with Crippen LogP contribution in [0.25, 0.3) is 0 Å². The van der Waals surface area contributed by atoms with E-state index in [0.29, 0.717) is 12.6 Å². The molecule has 1 aliphatic carbocycles. The summed E-state index contributed by atoms with van der Waals surface area (Å²) >= 11 is 0. The van der Waals surface area contributed by atoms with Gasteiger partial charge in [0.05, 0.1) is 0 Å². The molecule has 1 aromatic carbocycles. The molecule has 0 bridgehead atoms. The number of hydrogen-bond donors (Lipinski definition) is 1. The SMILES string of the molecule is CCN=C(NC1CC1c1c(F)cccc1F)N1CCC(N(CC)CC)C1.I. The Labute approximate surface area is 178 Å². The first-order valence-electron chi connectivity index (χ1n) is 9.82. The van der Waals surface area contributed by atoms with E-state index < -0.39 is 11.6 Å². The van der Waals surface area contributed by atoms with Crippen LogP contribution in [0.2, 0.25) is 0 Å². The number of hydrogen-bond acceptors (Lipinski definition) is 2. The Bertz CT molecular complexity index is 631. The third-order valence-electron chi connectivity index (χ3n) is 5.57. The second kappa shape index (κ2) is 10.0. The molecule has 1 saturated carbocycles. The van der Waals surface area contributed by atoms with Gasteiger partial charge in [-0.1, -0.05) is 19.9 Å². The lowest BCUT2D eigenvalue weighted by Crippen LogP contribution is -2.44. The van der Waals surface area contributed by atoms with E-state index in [1.807, 2.05) is 6.92 Å². The highest BCUT2D eigenvalue weighted by Gasteiger charge is 2.43. The van der Waals surface area contributed by atoms with Crippen LogP contribution < -0.4 is 5.32 Å². The van der Waals surface area contributed by atoms with Gasteiger partial charge in [-0.05, 0) is 45.0 Å². The van der Waals surface area contributed by atoms with Crippen LogP contribution in [-0.4, -0.2) is 60.6 Å². The van der Waals surface area contributed by atoms with Gasteiger partial charge in [0.25, 0.3) is 0 Å². The first-order valence-corrected chi connectivity index (χ1v) is 9.82. The molecule has 4 nitrogen and oxygen atoms in total. The molecule has 2 aliphatic rings. The van der Waals surface area contributed by atoms with Gasteiger partial charge in [0.1, 0.15) is 11.6 Å². The molecule has 1 N–H and O–H groups in total. The summed E-state index contributed by atoms with van der Waals surface area (Å²) in [7, 11) is 0. The minimum Gasteiger partial charge on any atom is -0.353 e. The Morgan fingerprint density at radius 3 is 2.48 bits per heavy atom. The molecule has 1 saturated heterocycles. The summed E-state index contributed by atoms with van der Waals surface area (Å²) in [5, 5.41) is 3.46. The lowest BCUT2D eigenvalue weighted by Gasteiger charge is -2.27. The maximum atomic E-state index is 14.0. The first kappa shape index (κ1) is 22.3. The fourth-order valence-corrected chi connectivity index (χ4v) is 4.06. The van der Waals surface area contributed by atoms with Crippen molar-refractivity contribution in [3.8, 4) is 0 Å². The Morgan fingerprint density at radius 1 is 1.22 bits per heavy atom. The van der Waals surface area contributed by atoms with Crippen LogP contribution in [0, 0.1) is 11.6 Å². The quantitative estimate of drug-likeness (QED) is 0.372. The molecular weight excluding hydrogens is 461 g/mol. The third-order valence-corrected chi connectivity index (χ3v) is 5.57. The van der Waals surface area contributed by atoms with Crippen molar-refractivity contribution in [1.82, 2.24) is 15.1 Å². The van der Waals surface area contributed by atoms with E-state index in [1.54, 1.807) is 0 Å². The smallest absolute Gasteiger partial charge is 0.194 e. The van der Waals surface area contributed by atoms with Crippen LogP contribution in [0.5, 0.6) is 0 Å². The molecule has 1 aromatic rings. The lowest BCUT2D eigenvalue weighted by molar-refractivity contribution is 0.223. The highest BCUT2D eigenvalue weighted by molar-refractivity contribution is 14.0. The minimum atomic E-state index is -0.448. The summed E-state index contributed by atoms with van der Waals surface area (Å²) in [5.74, 6) is -0.127. The fraction of sp³-hybridized carbons (Fsp3) is 0.650. The molecule has 0 aromatic heterocycles. The van der Waals surface area contributed by atoms with Crippen molar-refractivity contribution in [1.29, 1.82) is 0 Å². The molecule has 1 aliphatic heterocycles. The van der Waals surface area contributed by atoms with E-state index in [1.165, 1.54) is 18.2 Å². The van der Waals surface area contributed by atoms with Crippen molar-refractivity contribution in [2.75, 3.05) is 32.7 Å². The van der Waals surface area contributed by atoms with Crippen LogP contribution in [0.3, 0.4) is 0 Å². The van der Waals surface area contributed by atoms with Crippen LogP contribution in [0.1, 0.15) is 45.1 Å². The van der Waals surface area contributed by atoms with Crippen LogP contribution in [0.4, 0.5) is 8.78 Å². The molecule has 27 heavy (non-hydrogen) atoms. The van der Waals surface area contributed by atoms with Crippen molar-refractivity contribution in [2.24, 2.45) is 4.99 Å². The standard InChI is InChI=1S/C20H30F2N4.HI/c1-4-23-20(26-11-10-14(13-26)25(5-2)6-3)24-18-12-15(18)19-16(21)8-7-9-17(19)22;/h7-9,14-15,18H,4-6,10-13H2,1-3H3,(H,23,24);1H. The van der Waals surface area contributed by atoms with Crippen molar-refractivity contribution >= 4 is 29.9 Å². The number of likely N-dealkylation sites (tertiary alicyclic amines) is 1. The molecule has 2 fully saturated rings. The van der Waals surface area contributed by atoms with E-state index in [0.717, 1.165) is 45.0 Å². The molecule has 152 valence electrons. The predicted octanol–water partition coefficient (Wildman–Crippen LogP) is 3.82. The van der Waals surface area contributed by atoms with Gasteiger partial charge in [-0.2, -0.15) is 0 Å². The maximum Gasteiger partial charge on any atom is 0.194 e. The van der Waals surface area contributed by atoms with Crippen LogP contribution in [-0.2, 0) is 0 Å². The average Bonchev–Trinajstić information content (AvgIpc) is 3.18. The lowest BCUT2D eigenvalue weighted by atomic mass is 10.1. The zero-order valence-electron chi connectivity index (χ0n) is 16.4. The molecule has 3 atom stereocenters. The summed E-state index contributed by atoms with van der Waals surface area (Å²) in [5.41, 5.74) is 0.211. The van der Waals surface area contributed by atoms with Gasteiger partial charge in [-0.25, -0.2) is 8.78 Å². The van der Waals surface area contributed by atoms with Crippen molar-refractivity contribution in [3.63, 3.8) is 0 Å². The van der Waals surface area contributed by atoms with Crippen LogP contribution in [0.15, 0.2) is 23.2 Å². The van der Waals surface area contributed by atoms with Gasteiger partial charge < -0.3 is 10.2 Å². The van der Waals surface area contributed by atoms with Crippen molar-refractivity contribution < 1.29 is 8.78 Å². The monoisotopic (exact) mass is 492 g/mol. The van der Waals surface area contributed by atoms with Crippen molar-refractivity contribution in [2.45, 2.75) is 51.6 Å². The molecular formula is C20H31F2IN4. The van der Waals surface area contributed by atoms with Crippen LogP contribution >= 0.6 is 24.0 Å². The molecule has 3 unspecified atom stereocenters. The number of aliphatic imine (C=N–C) groups is 1. The normalized spacial score (nSPS) is 24.9. The topological polar surface area (TPSA) is 30.9 Å². The van der Waals surface area contributed by atoms with Gasteiger partial charge in [0.2, 0.25) is 0 Å². The second-order valence-corrected chi connectivity index (χ2v) is 7.14. The minimum absolute atomic E-state index is 0. The summed E-state index contributed by atoms with van der Waals surface area (Å²) < 4.78 is 28.0. The number of nitrogens with one attached hydrogen (secondary N) is 1. The number of halogens is 3. The van der Waals surface area contributed by atoms with Gasteiger partial charge in [-0.15, -0.1) is 24.0 Å². The zero-order valence-corrected chi connectivity index (χ0v) is 18.8. The molecule has 0 amide bonds. The van der Waals surface area contributed by atoms with E-state index in [2.05, 4.69) is 34.0 Å². The molecule has 7 heteroatoms. The summed E-state index contributed by atoms with van der Waals surface area (Å²) in [4.78, 5) is 9.41. The Hall–Kier alpha value is -0.960. The molecule has 0 radical (unpaired) electrons. The molecule has 1 heterocycles. The number of likely N-dealkylation sites (N-methyl/N-ethyl adjacent to an activating group) is 1. The fourth-order valence-electron chi connectivity index (χ4n) is 4.06. The maximum absolute atomic E-state index is 14.0. The number of guanidine groups is 1. The molecule has 3 rings (SSSR count). The van der Waals surface area contributed by atoms with Crippen molar-refractivity contribution in [3.05, 3.63) is 35.4 Å². The Morgan fingerprint density at radius 2 is 1.89 bits per heavy atom. The largest absolute Gasteiger partial charge is 0.353 e. The van der Waals surface area contributed by atoms with Gasteiger partial charge in [0.15, 0.2) is 5.96 Å². The average molecular weight is 492 g/mol. The van der Waals surface area contributed by atoms with E-state index in [4.69, 9.17) is 0 Å². The Kier molecular flexibility index (Phi) is 8.27.